The van der Waals surface area contributed by atoms with Crippen LogP contribution in [0.5, 0.6) is 0 Å². The summed E-state index contributed by atoms with van der Waals surface area (Å²) in [6.45, 7) is 1.52. The second kappa shape index (κ2) is 7.24. The SMILES string of the molecule is CN(C)C(=O)N1CCCC(C(=O)NCc2ccc(F)cc2)C1. The van der Waals surface area contributed by atoms with Gasteiger partial charge in [0.25, 0.3) is 0 Å². The molecule has 1 aromatic rings. The van der Waals surface area contributed by atoms with Gasteiger partial charge in [0.2, 0.25) is 5.91 Å². The highest BCUT2D eigenvalue weighted by Crippen LogP contribution is 2.17. The van der Waals surface area contributed by atoms with Crippen molar-refractivity contribution in [3.05, 3.63) is 35.6 Å². The molecule has 1 atom stereocenters. The number of nitrogens with one attached hydrogen (secondary N) is 1. The third kappa shape index (κ3) is 4.19. The van der Waals surface area contributed by atoms with Crippen molar-refractivity contribution in [2.75, 3.05) is 27.2 Å². The van der Waals surface area contributed by atoms with Crippen LogP contribution in [0.3, 0.4) is 0 Å². The Morgan fingerprint density at radius 3 is 2.64 bits per heavy atom. The van der Waals surface area contributed by atoms with Gasteiger partial charge in [0.05, 0.1) is 5.92 Å². The summed E-state index contributed by atoms with van der Waals surface area (Å²) in [6.07, 6.45) is 1.61. The lowest BCUT2D eigenvalue weighted by Gasteiger charge is -2.33. The van der Waals surface area contributed by atoms with Gasteiger partial charge in [0.15, 0.2) is 0 Å². The third-order valence-corrected chi connectivity index (χ3v) is 3.83. The molecule has 0 bridgehead atoms. The molecule has 1 aromatic carbocycles. The van der Waals surface area contributed by atoms with E-state index in [0.717, 1.165) is 18.4 Å². The van der Waals surface area contributed by atoms with Crippen molar-refractivity contribution in [3.8, 4) is 0 Å². The van der Waals surface area contributed by atoms with E-state index in [2.05, 4.69) is 5.32 Å². The molecule has 1 fully saturated rings. The van der Waals surface area contributed by atoms with Crippen LogP contribution in [0.4, 0.5) is 9.18 Å². The van der Waals surface area contributed by atoms with E-state index in [1.807, 2.05) is 0 Å². The van der Waals surface area contributed by atoms with Gasteiger partial charge in [-0.25, -0.2) is 9.18 Å². The van der Waals surface area contributed by atoms with Crippen molar-refractivity contribution >= 4 is 11.9 Å². The lowest BCUT2D eigenvalue weighted by atomic mass is 9.97. The highest BCUT2D eigenvalue weighted by Gasteiger charge is 2.28. The number of halogens is 1. The molecule has 1 heterocycles. The van der Waals surface area contributed by atoms with Crippen molar-refractivity contribution in [1.29, 1.82) is 0 Å². The van der Waals surface area contributed by atoms with Crippen LogP contribution in [0, 0.1) is 11.7 Å². The van der Waals surface area contributed by atoms with Gasteiger partial charge in [-0.3, -0.25) is 4.79 Å². The fraction of sp³-hybridized carbons (Fsp3) is 0.500. The molecular weight excluding hydrogens is 285 g/mol. The van der Waals surface area contributed by atoms with Crippen LogP contribution in [0.25, 0.3) is 0 Å². The van der Waals surface area contributed by atoms with E-state index in [0.29, 0.717) is 19.6 Å². The molecule has 120 valence electrons. The number of nitrogens with zero attached hydrogens (tertiary/aromatic N) is 2. The van der Waals surface area contributed by atoms with Crippen molar-refractivity contribution in [2.24, 2.45) is 5.92 Å². The number of piperidine rings is 1. The van der Waals surface area contributed by atoms with E-state index in [9.17, 15) is 14.0 Å². The van der Waals surface area contributed by atoms with E-state index in [1.165, 1.54) is 17.0 Å². The Kier molecular flexibility index (Phi) is 5.35. The molecule has 0 aliphatic carbocycles. The fourth-order valence-corrected chi connectivity index (χ4v) is 2.58. The number of amides is 3. The van der Waals surface area contributed by atoms with E-state index in [1.54, 1.807) is 31.1 Å². The Balaban J connectivity index is 1.86. The number of hydrogen-bond donors (Lipinski definition) is 1. The number of likely N-dealkylation sites (tertiary alicyclic amines) is 1. The van der Waals surface area contributed by atoms with Gasteiger partial charge in [0, 0.05) is 33.7 Å². The molecule has 5 nitrogen and oxygen atoms in total. The van der Waals surface area contributed by atoms with E-state index < -0.39 is 0 Å². The number of carbonyl (C=O) groups excluding carboxylic acids is 2. The topological polar surface area (TPSA) is 52.7 Å². The van der Waals surface area contributed by atoms with Crippen LogP contribution in [0.15, 0.2) is 24.3 Å². The summed E-state index contributed by atoms with van der Waals surface area (Å²) in [4.78, 5) is 27.4. The molecule has 2 rings (SSSR count). The number of urea groups is 1. The second-order valence-corrected chi connectivity index (χ2v) is 5.81. The second-order valence-electron chi connectivity index (χ2n) is 5.81. The molecule has 1 aliphatic heterocycles. The Morgan fingerprint density at radius 1 is 1.32 bits per heavy atom. The predicted octanol–water partition coefficient (Wildman–Crippen LogP) is 1.84. The first-order valence-corrected chi connectivity index (χ1v) is 7.45. The summed E-state index contributed by atoms with van der Waals surface area (Å²) < 4.78 is 12.8. The Bertz CT molecular complexity index is 531. The summed E-state index contributed by atoms with van der Waals surface area (Å²) in [5.41, 5.74) is 0.854. The molecule has 0 aromatic heterocycles. The first-order chi connectivity index (χ1) is 10.5. The summed E-state index contributed by atoms with van der Waals surface area (Å²) in [7, 11) is 3.42. The monoisotopic (exact) mass is 307 g/mol. The van der Waals surface area contributed by atoms with Crippen molar-refractivity contribution in [2.45, 2.75) is 19.4 Å². The first kappa shape index (κ1) is 16.3. The van der Waals surface area contributed by atoms with Crippen molar-refractivity contribution in [1.82, 2.24) is 15.1 Å². The quantitative estimate of drug-likeness (QED) is 0.926. The number of rotatable bonds is 3. The minimum Gasteiger partial charge on any atom is -0.352 e. The molecule has 3 amide bonds. The first-order valence-electron chi connectivity index (χ1n) is 7.45. The molecule has 0 spiro atoms. The molecule has 0 radical (unpaired) electrons. The lowest BCUT2D eigenvalue weighted by molar-refractivity contribution is -0.126. The zero-order valence-electron chi connectivity index (χ0n) is 13.0. The summed E-state index contributed by atoms with van der Waals surface area (Å²) >= 11 is 0. The van der Waals surface area contributed by atoms with Crippen LogP contribution in [0.2, 0.25) is 0 Å². The Morgan fingerprint density at radius 2 is 2.00 bits per heavy atom. The van der Waals surface area contributed by atoms with Gasteiger partial charge < -0.3 is 15.1 Å². The van der Waals surface area contributed by atoms with Crippen LogP contribution >= 0.6 is 0 Å². The summed E-state index contributed by atoms with van der Waals surface area (Å²) in [6, 6.07) is 5.99. The molecule has 22 heavy (non-hydrogen) atoms. The third-order valence-electron chi connectivity index (χ3n) is 3.83. The van der Waals surface area contributed by atoms with Gasteiger partial charge in [-0.05, 0) is 30.5 Å². The van der Waals surface area contributed by atoms with Crippen molar-refractivity contribution < 1.29 is 14.0 Å². The predicted molar refractivity (Wildman–Crippen MR) is 81.6 cm³/mol. The maximum absolute atomic E-state index is 12.8. The molecular formula is C16H22FN3O2. The van der Waals surface area contributed by atoms with Crippen molar-refractivity contribution in [3.63, 3.8) is 0 Å². The molecule has 1 unspecified atom stereocenters. The Labute approximate surface area is 130 Å². The lowest BCUT2D eigenvalue weighted by Crippen LogP contribution is -2.48. The zero-order chi connectivity index (χ0) is 16.1. The van der Waals surface area contributed by atoms with Gasteiger partial charge in [-0.1, -0.05) is 12.1 Å². The standard InChI is InChI=1S/C16H22FN3O2/c1-19(2)16(22)20-9-3-4-13(11-20)15(21)18-10-12-5-7-14(17)8-6-12/h5-8,13H,3-4,9-11H2,1-2H3,(H,18,21). The highest BCUT2D eigenvalue weighted by atomic mass is 19.1. The average molecular weight is 307 g/mol. The maximum Gasteiger partial charge on any atom is 0.319 e. The smallest absolute Gasteiger partial charge is 0.319 e. The summed E-state index contributed by atoms with van der Waals surface area (Å²) in [5, 5.41) is 2.86. The largest absolute Gasteiger partial charge is 0.352 e. The summed E-state index contributed by atoms with van der Waals surface area (Å²) in [5.74, 6) is -0.529. The van der Waals surface area contributed by atoms with Crippen LogP contribution in [-0.4, -0.2) is 48.9 Å². The highest BCUT2D eigenvalue weighted by molar-refractivity contribution is 5.80. The van der Waals surface area contributed by atoms with Gasteiger partial charge in [-0.2, -0.15) is 0 Å². The fourth-order valence-electron chi connectivity index (χ4n) is 2.58. The van der Waals surface area contributed by atoms with E-state index >= 15 is 0 Å². The minimum atomic E-state index is -0.291. The number of carbonyl (C=O) groups is 2. The zero-order valence-corrected chi connectivity index (χ0v) is 13.0. The number of hydrogen-bond acceptors (Lipinski definition) is 2. The van der Waals surface area contributed by atoms with Gasteiger partial charge >= 0.3 is 6.03 Å². The normalized spacial score (nSPS) is 18.0. The molecule has 1 aliphatic rings. The van der Waals surface area contributed by atoms with Crippen LogP contribution in [0.1, 0.15) is 18.4 Å². The van der Waals surface area contributed by atoms with E-state index in [4.69, 9.17) is 0 Å². The Hall–Kier alpha value is -2.11. The van der Waals surface area contributed by atoms with Crippen LogP contribution < -0.4 is 5.32 Å². The van der Waals surface area contributed by atoms with Gasteiger partial charge in [0.1, 0.15) is 5.82 Å². The molecule has 6 heteroatoms. The number of benzene rings is 1. The average Bonchev–Trinajstić information content (AvgIpc) is 2.53. The van der Waals surface area contributed by atoms with Gasteiger partial charge in [-0.15, -0.1) is 0 Å². The molecule has 1 saturated heterocycles. The maximum atomic E-state index is 12.8. The minimum absolute atomic E-state index is 0.0550. The molecule has 0 saturated carbocycles. The van der Waals surface area contributed by atoms with E-state index in [-0.39, 0.29) is 23.7 Å². The molecule has 1 N–H and O–H groups in total. The van der Waals surface area contributed by atoms with Crippen LogP contribution in [-0.2, 0) is 11.3 Å².